The molecule has 3 amide bonds. The summed E-state index contributed by atoms with van der Waals surface area (Å²) in [4.78, 5) is 30.3. The summed E-state index contributed by atoms with van der Waals surface area (Å²) in [7, 11) is 1.63. The van der Waals surface area contributed by atoms with E-state index in [0.29, 0.717) is 25.3 Å². The molecule has 7 nitrogen and oxygen atoms in total. The van der Waals surface area contributed by atoms with Gasteiger partial charge in [0, 0.05) is 37.8 Å². The summed E-state index contributed by atoms with van der Waals surface area (Å²) in [5.74, 6) is 1.19. The van der Waals surface area contributed by atoms with Gasteiger partial charge in [0.2, 0.25) is 5.91 Å². The van der Waals surface area contributed by atoms with Crippen LogP contribution in [0.5, 0.6) is 11.5 Å². The van der Waals surface area contributed by atoms with Crippen molar-refractivity contribution in [3.05, 3.63) is 53.9 Å². The Morgan fingerprint density at radius 3 is 2.67 bits per heavy atom. The van der Waals surface area contributed by atoms with Crippen molar-refractivity contribution in [3.8, 4) is 11.5 Å². The molecule has 4 rings (SSSR count). The molecule has 1 N–H and O–H groups in total. The quantitative estimate of drug-likeness (QED) is 0.788. The second-order valence-corrected chi connectivity index (χ2v) is 7.85. The minimum Gasteiger partial charge on any atom is -0.493 e. The van der Waals surface area contributed by atoms with Crippen molar-refractivity contribution in [1.82, 2.24) is 15.2 Å². The highest BCUT2D eigenvalue weighted by molar-refractivity contribution is 5.96. The van der Waals surface area contributed by atoms with E-state index in [2.05, 4.69) is 10.3 Å². The Balaban J connectivity index is 1.42. The molecule has 2 aliphatic rings. The van der Waals surface area contributed by atoms with Gasteiger partial charge in [-0.2, -0.15) is 0 Å². The molecule has 1 atom stereocenters. The number of likely N-dealkylation sites (tertiary alicyclic amines) is 1. The summed E-state index contributed by atoms with van der Waals surface area (Å²) >= 11 is 0. The highest BCUT2D eigenvalue weighted by Crippen LogP contribution is 2.37. The summed E-state index contributed by atoms with van der Waals surface area (Å²) < 4.78 is 11.6. The van der Waals surface area contributed by atoms with Crippen molar-refractivity contribution in [2.45, 2.75) is 50.7 Å². The number of carbonyl (C=O) groups excluding carboxylic acids is 2. The van der Waals surface area contributed by atoms with E-state index in [0.717, 1.165) is 29.7 Å². The first-order valence-electron chi connectivity index (χ1n) is 10.5. The molecule has 0 spiro atoms. The second-order valence-electron chi connectivity index (χ2n) is 7.85. The Morgan fingerprint density at radius 2 is 1.93 bits per heavy atom. The van der Waals surface area contributed by atoms with E-state index in [1.54, 1.807) is 19.5 Å². The van der Waals surface area contributed by atoms with E-state index in [1.165, 1.54) is 17.7 Å². The number of carbonyl (C=O) groups is 2. The number of hydrogen-bond acceptors (Lipinski definition) is 5. The molecule has 2 heterocycles. The summed E-state index contributed by atoms with van der Waals surface area (Å²) in [6, 6.07) is 9.10. The van der Waals surface area contributed by atoms with Crippen LogP contribution in [0.3, 0.4) is 0 Å². The Bertz CT molecular complexity index is 897. The molecular formula is C23H27N3O4. The molecule has 1 aromatic heterocycles. The van der Waals surface area contributed by atoms with Gasteiger partial charge >= 0.3 is 6.03 Å². The van der Waals surface area contributed by atoms with Gasteiger partial charge in [0.25, 0.3) is 0 Å². The Hall–Kier alpha value is -3.09. The van der Waals surface area contributed by atoms with Crippen LogP contribution in [0.4, 0.5) is 4.79 Å². The van der Waals surface area contributed by atoms with Gasteiger partial charge in [0.15, 0.2) is 11.5 Å². The summed E-state index contributed by atoms with van der Waals surface area (Å²) in [6.45, 7) is 0.716. The van der Waals surface area contributed by atoms with Crippen molar-refractivity contribution < 1.29 is 19.1 Å². The zero-order valence-electron chi connectivity index (χ0n) is 17.2. The van der Waals surface area contributed by atoms with Gasteiger partial charge in [-0.1, -0.05) is 6.07 Å². The van der Waals surface area contributed by atoms with Gasteiger partial charge in [-0.05, 0) is 61.1 Å². The molecular weight excluding hydrogens is 382 g/mol. The fourth-order valence-electron chi connectivity index (χ4n) is 4.13. The molecule has 0 bridgehead atoms. The molecule has 1 saturated carbocycles. The molecule has 7 heteroatoms. The Morgan fingerprint density at radius 1 is 1.17 bits per heavy atom. The van der Waals surface area contributed by atoms with E-state index in [4.69, 9.17) is 9.47 Å². The predicted octanol–water partition coefficient (Wildman–Crippen LogP) is 3.64. The fraction of sp³-hybridized carbons (Fsp3) is 0.435. The molecule has 0 radical (unpaired) electrons. The van der Waals surface area contributed by atoms with Gasteiger partial charge in [-0.25, -0.2) is 4.79 Å². The maximum absolute atomic E-state index is 12.5. The zero-order chi connectivity index (χ0) is 20.9. The summed E-state index contributed by atoms with van der Waals surface area (Å²) in [5.41, 5.74) is 1.92. The van der Waals surface area contributed by atoms with E-state index < -0.39 is 0 Å². The van der Waals surface area contributed by atoms with Crippen LogP contribution in [0.1, 0.15) is 49.1 Å². The van der Waals surface area contributed by atoms with Gasteiger partial charge in [-0.3, -0.25) is 14.7 Å². The average molecular weight is 409 g/mol. The maximum atomic E-state index is 12.5. The first-order chi connectivity index (χ1) is 14.6. The first kappa shape index (κ1) is 20.2. The number of nitrogens with zero attached hydrogens (tertiary/aromatic N) is 2. The number of imide groups is 1. The fourth-order valence-corrected chi connectivity index (χ4v) is 4.13. The number of nitrogens with one attached hydrogen (secondary N) is 1. The van der Waals surface area contributed by atoms with Crippen molar-refractivity contribution >= 4 is 11.9 Å². The lowest BCUT2D eigenvalue weighted by atomic mass is 9.98. The third-order valence-corrected chi connectivity index (χ3v) is 5.82. The summed E-state index contributed by atoms with van der Waals surface area (Å²) in [5, 5.41) is 2.81. The van der Waals surface area contributed by atoms with Crippen molar-refractivity contribution in [2.24, 2.45) is 0 Å². The van der Waals surface area contributed by atoms with Crippen LogP contribution in [-0.4, -0.2) is 41.6 Å². The topological polar surface area (TPSA) is 80.8 Å². The lowest BCUT2D eigenvalue weighted by molar-refractivity contribution is -0.125. The lowest BCUT2D eigenvalue weighted by Gasteiger charge is -2.19. The molecule has 1 aliphatic heterocycles. The Kier molecular flexibility index (Phi) is 6.16. The van der Waals surface area contributed by atoms with Crippen LogP contribution in [0, 0.1) is 0 Å². The first-order valence-corrected chi connectivity index (χ1v) is 10.5. The van der Waals surface area contributed by atoms with E-state index >= 15 is 0 Å². The third kappa shape index (κ3) is 4.56. The molecule has 30 heavy (non-hydrogen) atoms. The van der Waals surface area contributed by atoms with Gasteiger partial charge in [0.1, 0.15) is 0 Å². The smallest absolute Gasteiger partial charge is 0.324 e. The molecule has 1 unspecified atom stereocenters. The average Bonchev–Trinajstić information content (AvgIpc) is 3.42. The number of methoxy groups -OCH3 is 1. The standard InChI is InChI=1S/C23H27N3O4/c1-29-20-7-6-17(12-21(20)30-19-4-2-3-5-19)18-13-22(27)26(15-18)23(28)25-14-16-8-10-24-11-9-16/h6-12,18-19H,2-5,13-15H2,1H3,(H,25,28). The number of benzene rings is 1. The SMILES string of the molecule is COc1ccc(C2CC(=O)N(C(=O)NCc3ccncc3)C2)cc1OC1CCCC1. The van der Waals surface area contributed by atoms with Gasteiger partial charge in [-0.15, -0.1) is 0 Å². The van der Waals surface area contributed by atoms with Crippen molar-refractivity contribution in [1.29, 1.82) is 0 Å². The molecule has 1 saturated heterocycles. The zero-order valence-corrected chi connectivity index (χ0v) is 17.2. The predicted molar refractivity (Wildman–Crippen MR) is 111 cm³/mol. The third-order valence-electron chi connectivity index (χ3n) is 5.82. The summed E-state index contributed by atoms with van der Waals surface area (Å²) in [6.07, 6.45) is 8.36. The minimum absolute atomic E-state index is 0.0546. The van der Waals surface area contributed by atoms with Crippen molar-refractivity contribution in [3.63, 3.8) is 0 Å². The van der Waals surface area contributed by atoms with Crippen LogP contribution in [0.2, 0.25) is 0 Å². The van der Waals surface area contributed by atoms with E-state index in [-0.39, 0.29) is 24.0 Å². The number of aromatic nitrogens is 1. The number of ether oxygens (including phenoxy) is 2. The Labute approximate surface area is 176 Å². The maximum Gasteiger partial charge on any atom is 0.324 e. The molecule has 158 valence electrons. The monoisotopic (exact) mass is 409 g/mol. The van der Waals surface area contributed by atoms with E-state index in [9.17, 15) is 9.59 Å². The molecule has 2 fully saturated rings. The number of rotatable bonds is 6. The second kappa shape index (κ2) is 9.15. The number of hydrogen-bond donors (Lipinski definition) is 1. The van der Waals surface area contributed by atoms with Crippen LogP contribution >= 0.6 is 0 Å². The molecule has 1 aromatic carbocycles. The minimum atomic E-state index is -0.366. The van der Waals surface area contributed by atoms with Gasteiger partial charge in [0.05, 0.1) is 13.2 Å². The van der Waals surface area contributed by atoms with E-state index in [1.807, 2.05) is 30.3 Å². The van der Waals surface area contributed by atoms with Gasteiger partial charge < -0.3 is 14.8 Å². The highest BCUT2D eigenvalue weighted by Gasteiger charge is 2.35. The normalized spacial score (nSPS) is 19.2. The van der Waals surface area contributed by atoms with Crippen LogP contribution in [0.15, 0.2) is 42.7 Å². The number of pyridine rings is 1. The van der Waals surface area contributed by atoms with Crippen LogP contribution in [0.25, 0.3) is 0 Å². The molecule has 1 aliphatic carbocycles. The van der Waals surface area contributed by atoms with Crippen LogP contribution < -0.4 is 14.8 Å². The molecule has 2 aromatic rings. The lowest BCUT2D eigenvalue weighted by Crippen LogP contribution is -2.40. The number of urea groups is 1. The van der Waals surface area contributed by atoms with Crippen LogP contribution in [-0.2, 0) is 11.3 Å². The number of amides is 3. The highest BCUT2D eigenvalue weighted by atomic mass is 16.5. The van der Waals surface area contributed by atoms with Crippen molar-refractivity contribution in [2.75, 3.05) is 13.7 Å². The largest absolute Gasteiger partial charge is 0.493 e.